The summed E-state index contributed by atoms with van der Waals surface area (Å²) in [4.78, 5) is 9.00. The number of aliphatic hydroxyl groups excluding tert-OH is 1. The van der Waals surface area contributed by atoms with Crippen molar-refractivity contribution in [2.75, 3.05) is 0 Å². The van der Waals surface area contributed by atoms with Gasteiger partial charge in [0.2, 0.25) is 0 Å². The highest BCUT2D eigenvalue weighted by molar-refractivity contribution is 5.62. The minimum Gasteiger partial charge on any atom is -0.481 e. The number of hydrogen-bond acceptors (Lipinski definition) is 2. The fourth-order valence-corrected chi connectivity index (χ4v) is 0.759. The topological polar surface area (TPSA) is 57.5 Å². The summed E-state index contributed by atoms with van der Waals surface area (Å²) in [5, 5.41) is 16.1. The Morgan fingerprint density at radius 2 is 1.86 bits per heavy atom. The van der Waals surface area contributed by atoms with E-state index >= 15 is 0 Å². The van der Waals surface area contributed by atoms with Crippen LogP contribution in [0.4, 0.5) is 0 Å². The molecule has 14 heavy (non-hydrogen) atoms. The van der Waals surface area contributed by atoms with Crippen molar-refractivity contribution in [3.63, 3.8) is 0 Å². The summed E-state index contributed by atoms with van der Waals surface area (Å²) in [6.45, 7) is 4.82. The van der Waals surface area contributed by atoms with E-state index in [1.165, 1.54) is 0 Å². The smallest absolute Gasteiger partial charge is 0.300 e. The molecule has 76 valence electrons. The van der Waals surface area contributed by atoms with Gasteiger partial charge in [-0.25, -0.2) is 0 Å². The van der Waals surface area contributed by atoms with Crippen molar-refractivity contribution < 1.29 is 15.0 Å². The number of aliphatic hydroxyl groups is 1. The van der Waals surface area contributed by atoms with Crippen LogP contribution in [0.15, 0.2) is 30.8 Å². The molecule has 0 aliphatic heterocycles. The SMILES string of the molecule is C=Cc1ccc(CO)cc1.CC(=O)O. The molecule has 0 bridgehead atoms. The Morgan fingerprint density at radius 1 is 1.43 bits per heavy atom. The van der Waals surface area contributed by atoms with Gasteiger partial charge in [0.25, 0.3) is 5.97 Å². The quantitative estimate of drug-likeness (QED) is 0.756. The van der Waals surface area contributed by atoms with Crippen molar-refractivity contribution >= 4 is 12.0 Å². The van der Waals surface area contributed by atoms with E-state index in [0.29, 0.717) is 0 Å². The minimum atomic E-state index is -0.833. The van der Waals surface area contributed by atoms with Crippen LogP contribution in [0.2, 0.25) is 0 Å². The lowest BCUT2D eigenvalue weighted by molar-refractivity contribution is -0.134. The first-order valence-electron chi connectivity index (χ1n) is 4.12. The normalized spacial score (nSPS) is 8.43. The first kappa shape index (κ1) is 12.4. The molecule has 0 saturated carbocycles. The van der Waals surface area contributed by atoms with Gasteiger partial charge in [-0.3, -0.25) is 4.79 Å². The van der Waals surface area contributed by atoms with E-state index in [1.54, 1.807) is 6.08 Å². The number of benzene rings is 1. The third-order valence-electron chi connectivity index (χ3n) is 1.40. The van der Waals surface area contributed by atoms with E-state index in [4.69, 9.17) is 15.0 Å². The lowest BCUT2D eigenvalue weighted by Gasteiger charge is -1.94. The molecule has 0 atom stereocenters. The summed E-state index contributed by atoms with van der Waals surface area (Å²) in [6, 6.07) is 7.63. The van der Waals surface area contributed by atoms with Crippen LogP contribution >= 0.6 is 0 Å². The van der Waals surface area contributed by atoms with Crippen LogP contribution < -0.4 is 0 Å². The predicted molar refractivity (Wildman–Crippen MR) is 55.8 cm³/mol. The molecule has 1 aromatic carbocycles. The Labute approximate surface area is 83.3 Å². The lowest BCUT2D eigenvalue weighted by atomic mass is 10.1. The molecule has 3 nitrogen and oxygen atoms in total. The zero-order valence-corrected chi connectivity index (χ0v) is 8.10. The van der Waals surface area contributed by atoms with Crippen LogP contribution in [0, 0.1) is 0 Å². The highest BCUT2D eigenvalue weighted by atomic mass is 16.4. The van der Waals surface area contributed by atoms with Gasteiger partial charge in [0.05, 0.1) is 6.61 Å². The number of carboxylic acids is 1. The van der Waals surface area contributed by atoms with Crippen molar-refractivity contribution in [3.8, 4) is 0 Å². The lowest BCUT2D eigenvalue weighted by Crippen LogP contribution is -1.80. The molecule has 0 aliphatic rings. The Hall–Kier alpha value is -1.61. The standard InChI is InChI=1S/C9H10O.C2H4O2/c1-2-8-3-5-9(7-10)6-4-8;1-2(3)4/h2-6,10H,1,7H2;1H3,(H,3,4). The number of carbonyl (C=O) groups is 1. The minimum absolute atomic E-state index is 0.109. The van der Waals surface area contributed by atoms with Crippen molar-refractivity contribution in [1.82, 2.24) is 0 Å². The fourth-order valence-electron chi connectivity index (χ4n) is 0.759. The molecule has 0 aromatic heterocycles. The highest BCUT2D eigenvalue weighted by Gasteiger charge is 1.87. The fraction of sp³-hybridized carbons (Fsp3) is 0.182. The van der Waals surface area contributed by atoms with Gasteiger partial charge in [-0.2, -0.15) is 0 Å². The first-order valence-corrected chi connectivity index (χ1v) is 4.12. The predicted octanol–water partition coefficient (Wildman–Crippen LogP) is 1.91. The molecule has 3 heteroatoms. The van der Waals surface area contributed by atoms with Crippen molar-refractivity contribution in [1.29, 1.82) is 0 Å². The molecule has 0 saturated heterocycles. The molecule has 0 radical (unpaired) electrons. The van der Waals surface area contributed by atoms with E-state index in [0.717, 1.165) is 18.1 Å². The molecular formula is C11H14O3. The van der Waals surface area contributed by atoms with Crippen molar-refractivity contribution in [2.45, 2.75) is 13.5 Å². The third-order valence-corrected chi connectivity index (χ3v) is 1.40. The molecule has 0 spiro atoms. The van der Waals surface area contributed by atoms with Gasteiger partial charge in [-0.15, -0.1) is 0 Å². The summed E-state index contributed by atoms with van der Waals surface area (Å²) in [5.41, 5.74) is 2.02. The highest BCUT2D eigenvalue weighted by Crippen LogP contribution is 2.04. The second-order valence-corrected chi connectivity index (χ2v) is 2.62. The molecule has 0 unspecified atom stereocenters. The van der Waals surface area contributed by atoms with Gasteiger partial charge in [-0.1, -0.05) is 36.9 Å². The van der Waals surface area contributed by atoms with Gasteiger partial charge in [0, 0.05) is 6.92 Å². The number of rotatable bonds is 2. The zero-order chi connectivity index (χ0) is 11.0. The first-order chi connectivity index (χ1) is 6.60. The number of aliphatic carboxylic acids is 1. The van der Waals surface area contributed by atoms with Gasteiger partial charge >= 0.3 is 0 Å². The van der Waals surface area contributed by atoms with E-state index in [1.807, 2.05) is 24.3 Å². The van der Waals surface area contributed by atoms with Crippen LogP contribution in [0.1, 0.15) is 18.1 Å². The monoisotopic (exact) mass is 194 g/mol. The maximum absolute atomic E-state index is 9.00. The molecule has 1 rings (SSSR count). The second kappa shape index (κ2) is 6.86. The Morgan fingerprint density at radius 3 is 2.14 bits per heavy atom. The van der Waals surface area contributed by atoms with Crippen LogP contribution in [-0.4, -0.2) is 16.2 Å². The van der Waals surface area contributed by atoms with E-state index in [-0.39, 0.29) is 6.61 Å². The average Bonchev–Trinajstić information content (AvgIpc) is 2.17. The molecule has 0 aliphatic carbocycles. The number of carboxylic acid groups (broad SMARTS) is 1. The van der Waals surface area contributed by atoms with Crippen LogP contribution in [0.5, 0.6) is 0 Å². The van der Waals surface area contributed by atoms with Gasteiger partial charge in [-0.05, 0) is 11.1 Å². The molecule has 1 aromatic rings. The summed E-state index contributed by atoms with van der Waals surface area (Å²) >= 11 is 0. The maximum Gasteiger partial charge on any atom is 0.300 e. The summed E-state index contributed by atoms with van der Waals surface area (Å²) in [5.74, 6) is -0.833. The molecular weight excluding hydrogens is 180 g/mol. The average molecular weight is 194 g/mol. The van der Waals surface area contributed by atoms with Gasteiger partial charge in [0.1, 0.15) is 0 Å². The van der Waals surface area contributed by atoms with Crippen molar-refractivity contribution in [2.24, 2.45) is 0 Å². The van der Waals surface area contributed by atoms with E-state index in [2.05, 4.69) is 6.58 Å². The Balaban J connectivity index is 0.000000364. The van der Waals surface area contributed by atoms with E-state index < -0.39 is 5.97 Å². The maximum atomic E-state index is 9.00. The van der Waals surface area contributed by atoms with Crippen LogP contribution in [0.25, 0.3) is 6.08 Å². The number of hydrogen-bond donors (Lipinski definition) is 2. The van der Waals surface area contributed by atoms with Gasteiger partial charge < -0.3 is 10.2 Å². The molecule has 0 heterocycles. The summed E-state index contributed by atoms with van der Waals surface area (Å²) in [7, 11) is 0. The Kier molecular flexibility index (Phi) is 6.07. The second-order valence-electron chi connectivity index (χ2n) is 2.62. The molecule has 0 fully saturated rings. The third kappa shape index (κ3) is 5.97. The van der Waals surface area contributed by atoms with Gasteiger partial charge in [0.15, 0.2) is 0 Å². The van der Waals surface area contributed by atoms with E-state index in [9.17, 15) is 0 Å². The zero-order valence-electron chi connectivity index (χ0n) is 8.10. The molecule has 0 amide bonds. The summed E-state index contributed by atoms with van der Waals surface area (Å²) in [6.07, 6.45) is 1.78. The van der Waals surface area contributed by atoms with Crippen molar-refractivity contribution in [3.05, 3.63) is 42.0 Å². The van der Waals surface area contributed by atoms with Crippen LogP contribution in [-0.2, 0) is 11.4 Å². The van der Waals surface area contributed by atoms with Crippen LogP contribution in [0.3, 0.4) is 0 Å². The molecule has 2 N–H and O–H groups in total. The largest absolute Gasteiger partial charge is 0.481 e. The summed E-state index contributed by atoms with van der Waals surface area (Å²) < 4.78 is 0. The Bertz CT molecular complexity index is 284.